The van der Waals surface area contributed by atoms with Crippen molar-refractivity contribution in [1.29, 1.82) is 0 Å². The van der Waals surface area contributed by atoms with E-state index < -0.39 is 28.5 Å². The van der Waals surface area contributed by atoms with Crippen molar-refractivity contribution < 1.29 is 18.0 Å². The van der Waals surface area contributed by atoms with Gasteiger partial charge in [-0.25, -0.2) is 8.42 Å². The molecule has 212 valence electrons. The van der Waals surface area contributed by atoms with Crippen LogP contribution in [0.3, 0.4) is 0 Å². The highest BCUT2D eigenvalue weighted by atomic mass is 79.9. The topological polar surface area (TPSA) is 86.8 Å². The predicted molar refractivity (Wildman–Crippen MR) is 161 cm³/mol. The summed E-state index contributed by atoms with van der Waals surface area (Å²) >= 11 is 3.42. The number of halogens is 1. The van der Waals surface area contributed by atoms with Crippen LogP contribution in [0.4, 0.5) is 5.69 Å². The molecule has 0 saturated heterocycles. The number of carbonyl (C=O) groups excluding carboxylic acids is 2. The van der Waals surface area contributed by atoms with Crippen LogP contribution in [0, 0.1) is 6.92 Å². The Morgan fingerprint density at radius 2 is 1.62 bits per heavy atom. The van der Waals surface area contributed by atoms with Gasteiger partial charge in [-0.2, -0.15) is 0 Å². The van der Waals surface area contributed by atoms with Crippen LogP contribution in [-0.2, 0) is 26.2 Å². The first-order valence-corrected chi connectivity index (χ1v) is 15.9. The number of rotatable bonds is 10. The summed E-state index contributed by atoms with van der Waals surface area (Å²) in [6, 6.07) is 22.0. The van der Waals surface area contributed by atoms with Gasteiger partial charge in [0.25, 0.3) is 10.0 Å². The molecule has 0 bridgehead atoms. The summed E-state index contributed by atoms with van der Waals surface area (Å²) in [5, 5.41) is 3.13. The molecular weight excluding hydrogens is 590 g/mol. The molecule has 1 atom stereocenters. The Balaban J connectivity index is 1.66. The fourth-order valence-electron chi connectivity index (χ4n) is 4.92. The lowest BCUT2D eigenvalue weighted by atomic mass is 9.95. The van der Waals surface area contributed by atoms with Gasteiger partial charge in [0.05, 0.1) is 10.6 Å². The second-order valence-corrected chi connectivity index (χ2v) is 13.1. The first-order valence-electron chi connectivity index (χ1n) is 13.6. The van der Waals surface area contributed by atoms with E-state index in [0.29, 0.717) is 10.2 Å². The van der Waals surface area contributed by atoms with Gasteiger partial charge in [-0.1, -0.05) is 89.3 Å². The predicted octanol–water partition coefficient (Wildman–Crippen LogP) is 5.82. The summed E-state index contributed by atoms with van der Waals surface area (Å²) in [6.07, 6.45) is 5.17. The number of hydrogen-bond donors (Lipinski definition) is 1. The van der Waals surface area contributed by atoms with Crippen LogP contribution < -0.4 is 9.62 Å². The van der Waals surface area contributed by atoms with Crippen LogP contribution >= 0.6 is 15.9 Å². The molecule has 0 radical (unpaired) electrons. The molecule has 0 aliphatic heterocycles. The van der Waals surface area contributed by atoms with Crippen LogP contribution in [0.2, 0.25) is 0 Å². The lowest BCUT2D eigenvalue weighted by molar-refractivity contribution is -0.139. The van der Waals surface area contributed by atoms with E-state index in [2.05, 4.69) is 21.2 Å². The number of nitrogens with one attached hydrogen (secondary N) is 1. The van der Waals surface area contributed by atoms with Gasteiger partial charge in [0.1, 0.15) is 12.6 Å². The zero-order chi connectivity index (χ0) is 28.7. The monoisotopic (exact) mass is 625 g/mol. The minimum Gasteiger partial charge on any atom is -0.352 e. The lowest BCUT2D eigenvalue weighted by Gasteiger charge is -2.33. The molecule has 1 N–H and O–H groups in total. The van der Waals surface area contributed by atoms with E-state index in [0.717, 1.165) is 41.1 Å². The van der Waals surface area contributed by atoms with Crippen LogP contribution in [0.5, 0.6) is 0 Å². The quantitative estimate of drug-likeness (QED) is 0.308. The molecule has 1 aliphatic carbocycles. The van der Waals surface area contributed by atoms with Gasteiger partial charge in [-0.3, -0.25) is 13.9 Å². The summed E-state index contributed by atoms with van der Waals surface area (Å²) in [7, 11) is -4.08. The van der Waals surface area contributed by atoms with E-state index in [4.69, 9.17) is 0 Å². The average Bonchev–Trinajstić information content (AvgIpc) is 2.96. The van der Waals surface area contributed by atoms with Crippen molar-refractivity contribution in [3.05, 3.63) is 94.5 Å². The molecule has 0 heterocycles. The van der Waals surface area contributed by atoms with E-state index in [1.807, 2.05) is 31.2 Å². The SMILES string of the molecule is Cc1ccc(CN(C(=O)CN(c2cccc(Br)c2)S(=O)(=O)c2ccccc2)[C@@H](C)C(=O)NC2CCCCC2)cc1. The van der Waals surface area contributed by atoms with Gasteiger partial charge >= 0.3 is 0 Å². The molecule has 40 heavy (non-hydrogen) atoms. The third-order valence-corrected chi connectivity index (χ3v) is 9.58. The second kappa shape index (κ2) is 13.5. The van der Waals surface area contributed by atoms with Crippen molar-refractivity contribution in [3.63, 3.8) is 0 Å². The van der Waals surface area contributed by atoms with Crippen molar-refractivity contribution in [3.8, 4) is 0 Å². The summed E-state index contributed by atoms with van der Waals surface area (Å²) in [4.78, 5) is 29.0. The number of benzene rings is 3. The summed E-state index contributed by atoms with van der Waals surface area (Å²) in [6.45, 7) is 3.41. The fourth-order valence-corrected chi connectivity index (χ4v) is 6.74. The smallest absolute Gasteiger partial charge is 0.264 e. The Labute approximate surface area is 245 Å². The molecule has 3 aromatic rings. The van der Waals surface area contributed by atoms with E-state index in [-0.39, 0.29) is 23.4 Å². The van der Waals surface area contributed by atoms with Gasteiger partial charge in [-0.05, 0) is 62.6 Å². The molecule has 1 fully saturated rings. The maximum atomic E-state index is 14.0. The largest absolute Gasteiger partial charge is 0.352 e. The minimum atomic E-state index is -4.08. The maximum Gasteiger partial charge on any atom is 0.264 e. The Hall–Kier alpha value is -3.17. The normalized spacial score (nSPS) is 14.8. The standard InChI is InChI=1S/C31H36BrN3O4S/c1-23-16-18-25(19-17-23)21-34(24(2)31(37)33-27-11-5-3-6-12-27)30(36)22-35(28-13-9-10-26(32)20-28)40(38,39)29-14-7-4-8-15-29/h4,7-10,13-20,24,27H,3,5-6,11-12,21-22H2,1-2H3,(H,33,37)/t24-/m0/s1. The number of amides is 2. The van der Waals surface area contributed by atoms with Crippen molar-refractivity contribution in [1.82, 2.24) is 10.2 Å². The number of hydrogen-bond acceptors (Lipinski definition) is 4. The van der Waals surface area contributed by atoms with Crippen LogP contribution in [0.15, 0.2) is 88.2 Å². The molecule has 9 heteroatoms. The number of carbonyl (C=O) groups is 2. The molecule has 0 spiro atoms. The van der Waals surface area contributed by atoms with Crippen LogP contribution in [0.25, 0.3) is 0 Å². The first kappa shape index (κ1) is 29.8. The molecule has 1 saturated carbocycles. The number of anilines is 1. The molecule has 1 aliphatic rings. The molecule has 0 unspecified atom stereocenters. The molecular formula is C31H36BrN3O4S. The molecule has 0 aromatic heterocycles. The van der Waals surface area contributed by atoms with Crippen molar-refractivity contribution in [2.75, 3.05) is 10.8 Å². The average molecular weight is 627 g/mol. The fraction of sp³-hybridized carbons (Fsp3) is 0.355. The van der Waals surface area contributed by atoms with Crippen LogP contribution in [-0.4, -0.2) is 43.8 Å². The molecule has 2 amide bonds. The highest BCUT2D eigenvalue weighted by molar-refractivity contribution is 9.10. The maximum absolute atomic E-state index is 14.0. The zero-order valence-electron chi connectivity index (χ0n) is 22.9. The second-order valence-electron chi connectivity index (χ2n) is 10.3. The zero-order valence-corrected chi connectivity index (χ0v) is 25.3. The Bertz CT molecular complexity index is 1410. The minimum absolute atomic E-state index is 0.0796. The van der Waals surface area contributed by atoms with Gasteiger partial charge in [-0.15, -0.1) is 0 Å². The summed E-state index contributed by atoms with van der Waals surface area (Å²) in [5.74, 6) is -0.696. The van der Waals surface area contributed by atoms with E-state index in [1.165, 1.54) is 23.5 Å². The summed E-state index contributed by atoms with van der Waals surface area (Å²) in [5.41, 5.74) is 2.29. The Kier molecular flexibility index (Phi) is 10.0. The Morgan fingerprint density at radius 3 is 2.27 bits per heavy atom. The van der Waals surface area contributed by atoms with E-state index in [1.54, 1.807) is 49.4 Å². The molecule has 7 nitrogen and oxygen atoms in total. The van der Waals surface area contributed by atoms with Gasteiger partial charge in [0, 0.05) is 17.1 Å². The third kappa shape index (κ3) is 7.52. The lowest BCUT2D eigenvalue weighted by Crippen LogP contribution is -2.53. The third-order valence-electron chi connectivity index (χ3n) is 7.30. The van der Waals surface area contributed by atoms with E-state index >= 15 is 0 Å². The Morgan fingerprint density at radius 1 is 0.950 bits per heavy atom. The highest BCUT2D eigenvalue weighted by Crippen LogP contribution is 2.27. The first-order chi connectivity index (χ1) is 19.1. The van der Waals surface area contributed by atoms with Crippen molar-refractivity contribution >= 4 is 43.5 Å². The number of sulfonamides is 1. The van der Waals surface area contributed by atoms with E-state index in [9.17, 15) is 18.0 Å². The highest BCUT2D eigenvalue weighted by Gasteiger charge is 2.33. The van der Waals surface area contributed by atoms with Crippen molar-refractivity contribution in [2.45, 2.75) is 69.5 Å². The number of aryl methyl sites for hydroxylation is 1. The van der Waals surface area contributed by atoms with Gasteiger partial charge < -0.3 is 10.2 Å². The van der Waals surface area contributed by atoms with Crippen molar-refractivity contribution in [2.24, 2.45) is 0 Å². The van der Waals surface area contributed by atoms with Gasteiger partial charge in [0.2, 0.25) is 11.8 Å². The van der Waals surface area contributed by atoms with Gasteiger partial charge in [0.15, 0.2) is 0 Å². The van der Waals surface area contributed by atoms with Crippen LogP contribution in [0.1, 0.15) is 50.2 Å². The molecule has 3 aromatic carbocycles. The molecule has 4 rings (SSSR count). The summed E-state index contributed by atoms with van der Waals surface area (Å²) < 4.78 is 29.4. The number of nitrogens with zero attached hydrogens (tertiary/aromatic N) is 2.